The molecule has 12 heavy (non-hydrogen) atoms. The Morgan fingerprint density at radius 3 is 2.67 bits per heavy atom. The number of phenolic OH excluding ortho intramolecular Hbond substituents is 1. The van der Waals surface area contributed by atoms with Gasteiger partial charge in [-0.05, 0) is 40.5 Å². The van der Waals surface area contributed by atoms with E-state index < -0.39 is 0 Å². The predicted molar refractivity (Wildman–Crippen MR) is 49.1 cm³/mol. The van der Waals surface area contributed by atoms with Gasteiger partial charge in [0, 0.05) is 0 Å². The molecule has 3 nitrogen and oxygen atoms in total. The first-order valence-corrected chi connectivity index (χ1v) is 4.32. The van der Waals surface area contributed by atoms with Crippen LogP contribution in [0.5, 0.6) is 5.75 Å². The summed E-state index contributed by atoms with van der Waals surface area (Å²) in [6, 6.07) is 4.94. The van der Waals surface area contributed by atoms with E-state index in [1.807, 2.05) is 6.92 Å². The van der Waals surface area contributed by atoms with Crippen LogP contribution in [0.4, 0.5) is 0 Å². The Balaban J connectivity index is 2.96. The van der Waals surface area contributed by atoms with Crippen molar-refractivity contribution in [3.63, 3.8) is 0 Å². The zero-order valence-corrected chi connectivity index (χ0v) is 8.17. The minimum Gasteiger partial charge on any atom is -0.507 e. The van der Waals surface area contributed by atoms with Gasteiger partial charge in [0.25, 0.3) is 0 Å². The van der Waals surface area contributed by atoms with Crippen LogP contribution >= 0.6 is 15.9 Å². The zero-order chi connectivity index (χ0) is 9.14. The first kappa shape index (κ1) is 9.51. The Morgan fingerprint density at radius 2 is 2.17 bits per heavy atom. The van der Waals surface area contributed by atoms with Crippen LogP contribution in [0.15, 0.2) is 22.7 Å². The van der Waals surface area contributed by atoms with Crippen molar-refractivity contribution in [2.45, 2.75) is 13.0 Å². The largest absolute Gasteiger partial charge is 0.507 e. The first-order valence-electron chi connectivity index (χ1n) is 3.53. The monoisotopic (exact) mass is 231 g/mol. The summed E-state index contributed by atoms with van der Waals surface area (Å²) in [7, 11) is 0. The molecule has 1 aromatic carbocycles. The fourth-order valence-corrected chi connectivity index (χ4v) is 1.26. The second kappa shape index (κ2) is 3.89. The maximum absolute atomic E-state index is 9.17. The molecule has 0 radical (unpaired) electrons. The number of benzene rings is 1. The van der Waals surface area contributed by atoms with E-state index in [9.17, 15) is 0 Å². The molecule has 0 aliphatic carbocycles. The van der Waals surface area contributed by atoms with Gasteiger partial charge in [-0.3, -0.25) is 0 Å². The van der Waals surface area contributed by atoms with Crippen LogP contribution in [0, 0.1) is 0 Å². The number of hydroxylamine groups is 1. The summed E-state index contributed by atoms with van der Waals surface area (Å²) < 4.78 is 0.627. The zero-order valence-electron chi connectivity index (χ0n) is 6.58. The van der Waals surface area contributed by atoms with E-state index in [0.717, 1.165) is 5.56 Å². The molecule has 66 valence electrons. The maximum Gasteiger partial charge on any atom is 0.129 e. The topological polar surface area (TPSA) is 52.5 Å². The van der Waals surface area contributed by atoms with Crippen molar-refractivity contribution in [2.75, 3.05) is 0 Å². The summed E-state index contributed by atoms with van der Waals surface area (Å²) in [6.45, 7) is 1.82. The smallest absolute Gasteiger partial charge is 0.129 e. The van der Waals surface area contributed by atoms with E-state index in [0.29, 0.717) is 4.47 Å². The molecule has 0 amide bonds. The van der Waals surface area contributed by atoms with Gasteiger partial charge < -0.3 is 10.3 Å². The summed E-state index contributed by atoms with van der Waals surface area (Å²) in [5, 5.41) is 17.8. The highest BCUT2D eigenvalue weighted by Gasteiger charge is 2.05. The molecule has 0 aliphatic rings. The van der Waals surface area contributed by atoms with Gasteiger partial charge in [0.15, 0.2) is 0 Å². The van der Waals surface area contributed by atoms with Crippen molar-refractivity contribution >= 4 is 15.9 Å². The Kier molecular flexibility index (Phi) is 3.08. The van der Waals surface area contributed by atoms with Crippen LogP contribution in [-0.4, -0.2) is 10.3 Å². The van der Waals surface area contributed by atoms with Gasteiger partial charge in [0.2, 0.25) is 0 Å². The molecule has 4 heteroatoms. The van der Waals surface area contributed by atoms with Crippen molar-refractivity contribution in [1.29, 1.82) is 0 Å². The lowest BCUT2D eigenvalue weighted by Gasteiger charge is -2.09. The van der Waals surface area contributed by atoms with E-state index in [2.05, 4.69) is 21.4 Å². The van der Waals surface area contributed by atoms with Crippen LogP contribution in [0.2, 0.25) is 0 Å². The van der Waals surface area contributed by atoms with E-state index >= 15 is 0 Å². The molecule has 0 saturated carbocycles. The highest BCUT2D eigenvalue weighted by molar-refractivity contribution is 9.10. The number of halogens is 1. The fourth-order valence-electron chi connectivity index (χ4n) is 0.867. The Morgan fingerprint density at radius 1 is 1.50 bits per heavy atom. The second-order valence-electron chi connectivity index (χ2n) is 2.56. The van der Waals surface area contributed by atoms with Gasteiger partial charge in [0.05, 0.1) is 10.5 Å². The van der Waals surface area contributed by atoms with Crippen LogP contribution in [0.1, 0.15) is 18.5 Å². The first-order chi connectivity index (χ1) is 5.65. The van der Waals surface area contributed by atoms with Gasteiger partial charge in [-0.2, -0.15) is 5.48 Å². The number of phenols is 1. The maximum atomic E-state index is 9.17. The molecule has 0 unspecified atom stereocenters. The third-order valence-corrected chi connectivity index (χ3v) is 2.30. The minimum absolute atomic E-state index is 0.137. The van der Waals surface area contributed by atoms with Gasteiger partial charge in [-0.25, -0.2) is 0 Å². The minimum atomic E-state index is -0.137. The summed E-state index contributed by atoms with van der Waals surface area (Å²) in [5.74, 6) is 0.198. The molecular formula is C8H10BrNO2. The molecule has 1 aromatic rings. The average molecular weight is 232 g/mol. The predicted octanol–water partition coefficient (Wildman–Crippen LogP) is 2.19. The molecule has 3 N–H and O–H groups in total. The van der Waals surface area contributed by atoms with Crippen LogP contribution in [-0.2, 0) is 0 Å². The molecule has 0 bridgehead atoms. The summed E-state index contributed by atoms with van der Waals surface area (Å²) in [5.41, 5.74) is 3.03. The normalized spacial score (nSPS) is 12.9. The third kappa shape index (κ3) is 1.97. The van der Waals surface area contributed by atoms with Gasteiger partial charge >= 0.3 is 0 Å². The lowest BCUT2D eigenvalue weighted by Crippen LogP contribution is -2.12. The summed E-state index contributed by atoms with van der Waals surface area (Å²) in [6.07, 6.45) is 0. The van der Waals surface area contributed by atoms with Crippen molar-refractivity contribution in [1.82, 2.24) is 5.48 Å². The van der Waals surface area contributed by atoms with Gasteiger partial charge in [0.1, 0.15) is 5.75 Å². The Bertz CT molecular complexity index is 278. The van der Waals surface area contributed by atoms with E-state index in [1.54, 1.807) is 18.2 Å². The summed E-state index contributed by atoms with van der Waals surface area (Å²) in [4.78, 5) is 0. The molecule has 0 heterocycles. The SMILES string of the molecule is C[C@@H](NO)c1ccc(O)c(Br)c1. The molecule has 0 fully saturated rings. The standard InChI is InChI=1S/C8H10BrNO2/c1-5(10-12)6-2-3-8(11)7(9)4-6/h2-5,10-12H,1H3/t5-/m1/s1. The number of hydrogen-bond acceptors (Lipinski definition) is 3. The highest BCUT2D eigenvalue weighted by atomic mass is 79.9. The van der Waals surface area contributed by atoms with Crippen LogP contribution in [0.25, 0.3) is 0 Å². The Hall–Kier alpha value is -0.580. The van der Waals surface area contributed by atoms with Crippen LogP contribution < -0.4 is 5.48 Å². The van der Waals surface area contributed by atoms with E-state index in [-0.39, 0.29) is 11.8 Å². The lowest BCUT2D eigenvalue weighted by atomic mass is 10.1. The second-order valence-corrected chi connectivity index (χ2v) is 3.42. The third-order valence-electron chi connectivity index (χ3n) is 1.67. The van der Waals surface area contributed by atoms with E-state index in [1.165, 1.54) is 0 Å². The number of nitrogens with one attached hydrogen (secondary N) is 1. The lowest BCUT2D eigenvalue weighted by molar-refractivity contribution is 0.133. The molecule has 0 aliphatic heterocycles. The van der Waals surface area contributed by atoms with E-state index in [4.69, 9.17) is 10.3 Å². The molecular weight excluding hydrogens is 222 g/mol. The average Bonchev–Trinajstić information content (AvgIpc) is 2.08. The highest BCUT2D eigenvalue weighted by Crippen LogP contribution is 2.26. The van der Waals surface area contributed by atoms with Gasteiger partial charge in [-0.1, -0.05) is 6.07 Å². The van der Waals surface area contributed by atoms with Crippen molar-refractivity contribution in [2.24, 2.45) is 0 Å². The summed E-state index contributed by atoms with van der Waals surface area (Å²) >= 11 is 3.18. The number of rotatable bonds is 2. The van der Waals surface area contributed by atoms with Crippen LogP contribution in [0.3, 0.4) is 0 Å². The van der Waals surface area contributed by atoms with Crippen molar-refractivity contribution < 1.29 is 10.3 Å². The molecule has 1 rings (SSSR count). The quantitative estimate of drug-likeness (QED) is 0.685. The molecule has 0 spiro atoms. The van der Waals surface area contributed by atoms with Crippen molar-refractivity contribution in [3.8, 4) is 5.75 Å². The number of hydrogen-bond donors (Lipinski definition) is 3. The number of aromatic hydroxyl groups is 1. The Labute approximate surface area is 79.1 Å². The molecule has 0 aromatic heterocycles. The van der Waals surface area contributed by atoms with Gasteiger partial charge in [-0.15, -0.1) is 0 Å². The fraction of sp³-hybridized carbons (Fsp3) is 0.250. The molecule has 0 saturated heterocycles. The van der Waals surface area contributed by atoms with Crippen molar-refractivity contribution in [3.05, 3.63) is 28.2 Å². The molecule has 1 atom stereocenters.